The van der Waals surface area contributed by atoms with Gasteiger partial charge in [0.2, 0.25) is 0 Å². The first-order chi connectivity index (χ1) is 12.1. The van der Waals surface area contributed by atoms with Crippen molar-refractivity contribution in [2.45, 2.75) is 38.5 Å². The normalized spacial score (nSPS) is 13.4. The van der Waals surface area contributed by atoms with Crippen molar-refractivity contribution < 1.29 is 9.53 Å². The van der Waals surface area contributed by atoms with Crippen molar-refractivity contribution in [3.8, 4) is 5.75 Å². The Kier molecular flexibility index (Phi) is 6.57. The SMILES string of the molecule is O=C(COc1cc(Cl)ccc1Cl)NCCCc1nc2c(s1)CCCC2. The number of aryl methyl sites for hydroxylation is 3. The molecule has 0 radical (unpaired) electrons. The van der Waals surface area contributed by atoms with E-state index in [2.05, 4.69) is 5.32 Å². The van der Waals surface area contributed by atoms with Crippen molar-refractivity contribution in [1.82, 2.24) is 10.3 Å². The molecule has 0 atom stereocenters. The van der Waals surface area contributed by atoms with Gasteiger partial charge in [-0.2, -0.15) is 0 Å². The maximum atomic E-state index is 11.9. The minimum Gasteiger partial charge on any atom is -0.482 e. The highest BCUT2D eigenvalue weighted by atomic mass is 35.5. The molecule has 3 rings (SSSR count). The number of nitrogens with one attached hydrogen (secondary N) is 1. The van der Waals surface area contributed by atoms with Crippen LogP contribution in [0.5, 0.6) is 5.75 Å². The minimum atomic E-state index is -0.172. The Morgan fingerprint density at radius 3 is 2.96 bits per heavy atom. The second-order valence-corrected chi connectivity index (χ2v) is 8.01. The average Bonchev–Trinajstić information content (AvgIpc) is 3.02. The highest BCUT2D eigenvalue weighted by Gasteiger charge is 2.14. The summed E-state index contributed by atoms with van der Waals surface area (Å²) in [5, 5.41) is 4.99. The number of amides is 1. The Labute approximate surface area is 161 Å². The summed E-state index contributed by atoms with van der Waals surface area (Å²) < 4.78 is 5.41. The van der Waals surface area contributed by atoms with E-state index in [1.165, 1.54) is 34.8 Å². The molecule has 0 saturated carbocycles. The summed E-state index contributed by atoms with van der Waals surface area (Å²) in [6, 6.07) is 4.92. The van der Waals surface area contributed by atoms with Gasteiger partial charge in [-0.15, -0.1) is 11.3 Å². The molecule has 1 aromatic carbocycles. The molecule has 1 heterocycles. The number of nitrogens with zero attached hydrogens (tertiary/aromatic N) is 1. The molecular weight excluding hydrogens is 379 g/mol. The molecular formula is C18H20Cl2N2O2S. The molecule has 1 amide bonds. The summed E-state index contributed by atoms with van der Waals surface area (Å²) >= 11 is 13.7. The molecule has 2 aromatic rings. The van der Waals surface area contributed by atoms with Gasteiger partial charge < -0.3 is 10.1 Å². The molecule has 0 bridgehead atoms. The van der Waals surface area contributed by atoms with Crippen molar-refractivity contribution >= 4 is 40.4 Å². The number of carbonyl (C=O) groups is 1. The highest BCUT2D eigenvalue weighted by molar-refractivity contribution is 7.11. The first-order valence-corrected chi connectivity index (χ1v) is 10.0. The minimum absolute atomic E-state index is 0.0778. The Hall–Kier alpha value is -1.30. The molecule has 7 heteroatoms. The van der Waals surface area contributed by atoms with Crippen LogP contribution in [0.2, 0.25) is 10.0 Å². The number of carbonyl (C=O) groups excluding carboxylic acids is 1. The van der Waals surface area contributed by atoms with E-state index in [-0.39, 0.29) is 12.5 Å². The zero-order valence-electron chi connectivity index (χ0n) is 13.8. The Morgan fingerprint density at radius 1 is 1.28 bits per heavy atom. The number of hydrogen-bond donors (Lipinski definition) is 1. The van der Waals surface area contributed by atoms with E-state index in [4.69, 9.17) is 32.9 Å². The first kappa shape index (κ1) is 18.5. The number of hydrogen-bond acceptors (Lipinski definition) is 4. The summed E-state index contributed by atoms with van der Waals surface area (Å²) in [5.41, 5.74) is 1.29. The average molecular weight is 399 g/mol. The summed E-state index contributed by atoms with van der Waals surface area (Å²) in [5.74, 6) is 0.243. The van der Waals surface area contributed by atoms with Crippen LogP contribution in [0.1, 0.15) is 34.8 Å². The van der Waals surface area contributed by atoms with Gasteiger partial charge >= 0.3 is 0 Å². The van der Waals surface area contributed by atoms with Gasteiger partial charge in [0.05, 0.1) is 15.7 Å². The Balaban J connectivity index is 1.36. The molecule has 25 heavy (non-hydrogen) atoms. The van der Waals surface area contributed by atoms with Crippen LogP contribution in [0.25, 0.3) is 0 Å². The zero-order valence-corrected chi connectivity index (χ0v) is 16.1. The zero-order chi connectivity index (χ0) is 17.6. The Morgan fingerprint density at radius 2 is 2.12 bits per heavy atom. The second kappa shape index (κ2) is 8.88. The molecule has 0 aliphatic heterocycles. The largest absolute Gasteiger partial charge is 0.482 e. The van der Waals surface area contributed by atoms with E-state index >= 15 is 0 Å². The molecule has 1 aliphatic rings. The number of fused-ring (bicyclic) bond motifs is 1. The van der Waals surface area contributed by atoms with E-state index < -0.39 is 0 Å². The van der Waals surface area contributed by atoms with Crippen LogP contribution in [-0.4, -0.2) is 24.0 Å². The van der Waals surface area contributed by atoms with Crippen LogP contribution >= 0.6 is 34.5 Å². The van der Waals surface area contributed by atoms with E-state index in [1.807, 2.05) is 11.3 Å². The fourth-order valence-electron chi connectivity index (χ4n) is 2.76. The van der Waals surface area contributed by atoms with Crippen molar-refractivity contribution in [2.24, 2.45) is 0 Å². The van der Waals surface area contributed by atoms with Gasteiger partial charge in [0.15, 0.2) is 6.61 Å². The van der Waals surface area contributed by atoms with Gasteiger partial charge in [-0.05, 0) is 44.2 Å². The van der Waals surface area contributed by atoms with Crippen LogP contribution in [0.15, 0.2) is 18.2 Å². The van der Waals surface area contributed by atoms with E-state index in [1.54, 1.807) is 18.2 Å². The van der Waals surface area contributed by atoms with Crippen molar-refractivity contribution in [1.29, 1.82) is 0 Å². The highest BCUT2D eigenvalue weighted by Crippen LogP contribution is 2.28. The fraction of sp³-hybridized carbons (Fsp3) is 0.444. The lowest BCUT2D eigenvalue weighted by atomic mass is 10.0. The summed E-state index contributed by atoms with van der Waals surface area (Å²) in [7, 11) is 0. The molecule has 1 aliphatic carbocycles. The maximum absolute atomic E-state index is 11.9. The third-order valence-electron chi connectivity index (χ3n) is 4.03. The van der Waals surface area contributed by atoms with Crippen LogP contribution in [0.4, 0.5) is 0 Å². The summed E-state index contributed by atoms with van der Waals surface area (Å²) in [6.07, 6.45) is 6.60. The lowest BCUT2D eigenvalue weighted by Gasteiger charge is -2.08. The van der Waals surface area contributed by atoms with E-state index in [0.29, 0.717) is 22.3 Å². The topological polar surface area (TPSA) is 51.2 Å². The van der Waals surface area contributed by atoms with Crippen molar-refractivity contribution in [3.63, 3.8) is 0 Å². The van der Waals surface area contributed by atoms with Gasteiger partial charge in [-0.3, -0.25) is 4.79 Å². The molecule has 4 nitrogen and oxygen atoms in total. The number of rotatable bonds is 7. The lowest BCUT2D eigenvalue weighted by molar-refractivity contribution is -0.123. The number of ether oxygens (including phenoxy) is 1. The number of aromatic nitrogens is 1. The first-order valence-electron chi connectivity index (χ1n) is 8.44. The molecule has 0 spiro atoms. The molecule has 0 fully saturated rings. The predicted molar refractivity (Wildman–Crippen MR) is 102 cm³/mol. The van der Waals surface area contributed by atoms with Gasteiger partial charge in [0, 0.05) is 28.9 Å². The third kappa shape index (κ3) is 5.33. The third-order valence-corrected chi connectivity index (χ3v) is 5.80. The smallest absolute Gasteiger partial charge is 0.257 e. The Bertz CT molecular complexity index is 725. The molecule has 0 unspecified atom stereocenters. The number of halogens is 2. The van der Waals surface area contributed by atoms with Crippen LogP contribution in [0.3, 0.4) is 0 Å². The quantitative estimate of drug-likeness (QED) is 0.700. The summed E-state index contributed by atoms with van der Waals surface area (Å²) in [4.78, 5) is 18.0. The van der Waals surface area contributed by atoms with E-state index in [0.717, 1.165) is 19.3 Å². The van der Waals surface area contributed by atoms with Crippen molar-refractivity contribution in [2.75, 3.05) is 13.2 Å². The molecule has 0 saturated heterocycles. The van der Waals surface area contributed by atoms with Crippen LogP contribution in [0, 0.1) is 0 Å². The standard InChI is InChI=1S/C18H20Cl2N2O2S/c19-12-7-8-13(20)15(10-12)24-11-17(23)21-9-3-6-18-22-14-4-1-2-5-16(14)25-18/h7-8,10H,1-6,9,11H2,(H,21,23). The second-order valence-electron chi connectivity index (χ2n) is 6.00. The summed E-state index contributed by atoms with van der Waals surface area (Å²) in [6.45, 7) is 0.529. The van der Waals surface area contributed by atoms with Gasteiger partial charge in [0.1, 0.15) is 5.75 Å². The molecule has 134 valence electrons. The maximum Gasteiger partial charge on any atom is 0.257 e. The number of benzene rings is 1. The lowest BCUT2D eigenvalue weighted by Crippen LogP contribution is -2.29. The van der Waals surface area contributed by atoms with Gasteiger partial charge in [0.25, 0.3) is 5.91 Å². The van der Waals surface area contributed by atoms with Crippen LogP contribution < -0.4 is 10.1 Å². The van der Waals surface area contributed by atoms with E-state index in [9.17, 15) is 4.79 Å². The monoisotopic (exact) mass is 398 g/mol. The van der Waals surface area contributed by atoms with Gasteiger partial charge in [-0.25, -0.2) is 4.98 Å². The fourth-order valence-corrected chi connectivity index (χ4v) is 4.29. The van der Waals surface area contributed by atoms with Gasteiger partial charge in [-0.1, -0.05) is 23.2 Å². The molecule has 1 aromatic heterocycles. The molecule has 1 N–H and O–H groups in total. The van der Waals surface area contributed by atoms with Crippen molar-refractivity contribution in [3.05, 3.63) is 43.8 Å². The number of thiazole rings is 1. The predicted octanol–water partition coefficient (Wildman–Crippen LogP) is 4.46. The van der Waals surface area contributed by atoms with Crippen LogP contribution in [-0.2, 0) is 24.1 Å².